The number of hydrogen-bond acceptors (Lipinski definition) is 3. The normalized spacial score (nSPS) is 18.5. The first kappa shape index (κ1) is 19.1. The largest absolute Gasteiger partial charge is 0.326 e. The number of piperidine rings is 1. The summed E-state index contributed by atoms with van der Waals surface area (Å²) < 4.78 is 0. The molecule has 3 rings (SSSR count). The minimum Gasteiger partial charge on any atom is -0.326 e. The first-order chi connectivity index (χ1) is 13.0. The molecular formula is C22H27N3O2. The molecule has 1 saturated heterocycles. The second kappa shape index (κ2) is 8.82. The first-order valence-corrected chi connectivity index (χ1v) is 9.50. The Morgan fingerprint density at radius 2 is 1.78 bits per heavy atom. The van der Waals surface area contributed by atoms with Crippen LogP contribution >= 0.6 is 0 Å². The van der Waals surface area contributed by atoms with E-state index in [0.29, 0.717) is 6.54 Å². The van der Waals surface area contributed by atoms with E-state index in [-0.39, 0.29) is 23.8 Å². The zero-order valence-corrected chi connectivity index (χ0v) is 15.9. The van der Waals surface area contributed by atoms with Crippen molar-refractivity contribution in [1.29, 1.82) is 0 Å². The van der Waals surface area contributed by atoms with Gasteiger partial charge >= 0.3 is 0 Å². The summed E-state index contributed by atoms with van der Waals surface area (Å²) in [5, 5.41) is 5.96. The molecule has 2 aromatic carbocycles. The number of benzene rings is 2. The van der Waals surface area contributed by atoms with Gasteiger partial charge in [0.05, 0.1) is 12.0 Å². The molecule has 1 aliphatic rings. The van der Waals surface area contributed by atoms with Gasteiger partial charge in [0.2, 0.25) is 11.8 Å². The molecule has 2 atom stereocenters. The molecule has 0 unspecified atom stereocenters. The highest BCUT2D eigenvalue weighted by Crippen LogP contribution is 2.21. The number of hydrogen-bond donors (Lipinski definition) is 2. The third-order valence-electron chi connectivity index (χ3n) is 5.08. The van der Waals surface area contributed by atoms with Crippen LogP contribution in [0.15, 0.2) is 54.6 Å². The average molecular weight is 365 g/mol. The number of rotatable bonds is 5. The molecule has 1 aliphatic heterocycles. The molecule has 0 aromatic heterocycles. The Kier molecular flexibility index (Phi) is 6.24. The number of amides is 2. The maximum absolute atomic E-state index is 12.6. The molecular weight excluding hydrogens is 338 g/mol. The van der Waals surface area contributed by atoms with Crippen LogP contribution < -0.4 is 10.6 Å². The van der Waals surface area contributed by atoms with Gasteiger partial charge in [-0.05, 0) is 63.1 Å². The van der Waals surface area contributed by atoms with Gasteiger partial charge in [0.25, 0.3) is 0 Å². The Labute approximate surface area is 160 Å². The minimum absolute atomic E-state index is 0.0252. The highest BCUT2D eigenvalue weighted by molar-refractivity contribution is 5.95. The highest BCUT2D eigenvalue weighted by Gasteiger charge is 2.30. The number of likely N-dealkylation sites (tertiary alicyclic amines) is 1. The molecule has 0 aliphatic carbocycles. The second-order valence-electron chi connectivity index (χ2n) is 7.22. The van der Waals surface area contributed by atoms with Crippen molar-refractivity contribution in [3.8, 4) is 0 Å². The zero-order valence-electron chi connectivity index (χ0n) is 15.9. The summed E-state index contributed by atoms with van der Waals surface area (Å²) in [4.78, 5) is 27.3. The molecule has 142 valence electrons. The number of nitrogens with zero attached hydrogens (tertiary/aromatic N) is 1. The van der Waals surface area contributed by atoms with Crippen LogP contribution in [0.4, 0.5) is 11.4 Å². The van der Waals surface area contributed by atoms with Crippen molar-refractivity contribution in [2.75, 3.05) is 23.7 Å². The van der Waals surface area contributed by atoms with Gasteiger partial charge in [-0.25, -0.2) is 0 Å². The van der Waals surface area contributed by atoms with Gasteiger partial charge in [-0.1, -0.05) is 30.3 Å². The van der Waals surface area contributed by atoms with Crippen LogP contribution in [0.5, 0.6) is 0 Å². The lowest BCUT2D eigenvalue weighted by atomic mass is 9.95. The Hall–Kier alpha value is -2.66. The van der Waals surface area contributed by atoms with Gasteiger partial charge in [-0.15, -0.1) is 0 Å². The lowest BCUT2D eigenvalue weighted by Crippen LogP contribution is -2.49. The number of aryl methyl sites for hydroxylation is 1. The Bertz CT molecular complexity index is 791. The van der Waals surface area contributed by atoms with E-state index in [0.717, 1.165) is 36.3 Å². The monoisotopic (exact) mass is 365 g/mol. The van der Waals surface area contributed by atoms with Crippen molar-refractivity contribution in [1.82, 2.24) is 4.90 Å². The van der Waals surface area contributed by atoms with E-state index in [1.165, 1.54) is 0 Å². The Morgan fingerprint density at radius 3 is 2.52 bits per heavy atom. The molecule has 2 amide bonds. The molecule has 0 spiro atoms. The summed E-state index contributed by atoms with van der Waals surface area (Å²) in [5.74, 6) is -0.116. The summed E-state index contributed by atoms with van der Waals surface area (Å²) in [6, 6.07) is 17.0. The van der Waals surface area contributed by atoms with Crippen LogP contribution in [0.2, 0.25) is 0 Å². The quantitative estimate of drug-likeness (QED) is 0.850. The number of carbonyl (C=O) groups excluding carboxylic acids is 2. The average Bonchev–Trinajstić information content (AvgIpc) is 2.68. The molecule has 0 radical (unpaired) electrons. The number of anilines is 2. The van der Waals surface area contributed by atoms with Gasteiger partial charge in [0.1, 0.15) is 0 Å². The van der Waals surface area contributed by atoms with Gasteiger partial charge in [-0.2, -0.15) is 0 Å². The fourth-order valence-electron chi connectivity index (χ4n) is 3.47. The lowest BCUT2D eigenvalue weighted by Gasteiger charge is -2.35. The molecule has 2 N–H and O–H groups in total. The SMILES string of the molecule is Cc1cccc(NC(=O)[C@H](C)N2CCC[C@@H](C(=O)Nc3ccccc3)C2)c1. The summed E-state index contributed by atoms with van der Waals surface area (Å²) in [5.41, 5.74) is 2.73. The molecule has 0 saturated carbocycles. The maximum atomic E-state index is 12.6. The van der Waals surface area contributed by atoms with E-state index in [1.54, 1.807) is 0 Å². The minimum atomic E-state index is -0.280. The molecule has 1 fully saturated rings. The fourth-order valence-corrected chi connectivity index (χ4v) is 3.47. The van der Waals surface area contributed by atoms with Crippen molar-refractivity contribution < 1.29 is 9.59 Å². The van der Waals surface area contributed by atoms with E-state index in [1.807, 2.05) is 68.4 Å². The Morgan fingerprint density at radius 1 is 1.04 bits per heavy atom. The van der Waals surface area contributed by atoms with Crippen molar-refractivity contribution in [2.24, 2.45) is 5.92 Å². The molecule has 27 heavy (non-hydrogen) atoms. The van der Waals surface area contributed by atoms with Crippen LogP contribution in [0, 0.1) is 12.8 Å². The molecule has 2 aromatic rings. The van der Waals surface area contributed by atoms with E-state index >= 15 is 0 Å². The summed E-state index contributed by atoms with van der Waals surface area (Å²) in [7, 11) is 0. The van der Waals surface area contributed by atoms with Crippen molar-refractivity contribution >= 4 is 23.2 Å². The number of para-hydroxylation sites is 1. The maximum Gasteiger partial charge on any atom is 0.241 e. The third kappa shape index (κ3) is 5.17. The van der Waals surface area contributed by atoms with Gasteiger partial charge in [-0.3, -0.25) is 14.5 Å². The van der Waals surface area contributed by atoms with Crippen molar-refractivity contribution in [2.45, 2.75) is 32.7 Å². The predicted octanol–water partition coefficient (Wildman–Crippen LogP) is 3.67. The molecule has 5 heteroatoms. The summed E-state index contributed by atoms with van der Waals surface area (Å²) in [6.45, 7) is 5.33. The van der Waals surface area contributed by atoms with Gasteiger partial charge in [0, 0.05) is 17.9 Å². The number of carbonyl (C=O) groups is 2. The molecule has 0 bridgehead atoms. The standard InChI is InChI=1S/C22H27N3O2/c1-16-8-6-12-20(14-16)24-21(26)17(2)25-13-7-9-18(15-25)22(27)23-19-10-4-3-5-11-19/h3-6,8,10-12,14,17-18H,7,9,13,15H2,1-2H3,(H,23,27)(H,24,26)/t17-,18+/m0/s1. The van der Waals surface area contributed by atoms with Gasteiger partial charge in [0.15, 0.2) is 0 Å². The van der Waals surface area contributed by atoms with Crippen LogP contribution in [-0.2, 0) is 9.59 Å². The summed E-state index contributed by atoms with van der Waals surface area (Å²) in [6.07, 6.45) is 1.76. The topological polar surface area (TPSA) is 61.4 Å². The van der Waals surface area contributed by atoms with Crippen molar-refractivity contribution in [3.05, 3.63) is 60.2 Å². The highest BCUT2D eigenvalue weighted by atomic mass is 16.2. The fraction of sp³-hybridized carbons (Fsp3) is 0.364. The smallest absolute Gasteiger partial charge is 0.241 e. The van der Waals surface area contributed by atoms with E-state index in [4.69, 9.17) is 0 Å². The van der Waals surface area contributed by atoms with Crippen molar-refractivity contribution in [3.63, 3.8) is 0 Å². The molecule has 5 nitrogen and oxygen atoms in total. The van der Waals surface area contributed by atoms with Crippen LogP contribution in [0.25, 0.3) is 0 Å². The van der Waals surface area contributed by atoms with Crippen LogP contribution in [0.1, 0.15) is 25.3 Å². The third-order valence-corrected chi connectivity index (χ3v) is 5.08. The Balaban J connectivity index is 1.57. The van der Waals surface area contributed by atoms with E-state index < -0.39 is 0 Å². The number of nitrogens with one attached hydrogen (secondary N) is 2. The molecule has 1 heterocycles. The van der Waals surface area contributed by atoms with Crippen LogP contribution in [-0.4, -0.2) is 35.8 Å². The second-order valence-corrected chi connectivity index (χ2v) is 7.22. The van der Waals surface area contributed by atoms with E-state index in [2.05, 4.69) is 15.5 Å². The van der Waals surface area contributed by atoms with E-state index in [9.17, 15) is 9.59 Å². The van der Waals surface area contributed by atoms with Crippen LogP contribution in [0.3, 0.4) is 0 Å². The summed E-state index contributed by atoms with van der Waals surface area (Å²) >= 11 is 0. The zero-order chi connectivity index (χ0) is 19.2. The first-order valence-electron chi connectivity index (χ1n) is 9.50. The predicted molar refractivity (Wildman–Crippen MR) is 109 cm³/mol. The lowest BCUT2D eigenvalue weighted by molar-refractivity contribution is -0.125. The van der Waals surface area contributed by atoms with Gasteiger partial charge < -0.3 is 10.6 Å².